The van der Waals surface area contributed by atoms with Gasteiger partial charge in [0.05, 0.1) is 22.7 Å². The number of hydrogen-bond donors (Lipinski definition) is 1. The summed E-state index contributed by atoms with van der Waals surface area (Å²) < 4.78 is 5.12. The van der Waals surface area contributed by atoms with Gasteiger partial charge in [0.1, 0.15) is 0 Å². The van der Waals surface area contributed by atoms with Gasteiger partial charge in [-0.05, 0) is 30.7 Å². The molecule has 6 nitrogen and oxygen atoms in total. The number of hydrogen-bond acceptors (Lipinski definition) is 4. The number of halogens is 2. The standard InChI is InChI=1S/C21H20Cl2N2O4/c1-13(14-5-3-2-4-6-14)24-19(26)12-29-21(28)15-9-20(27)25(11-15)18-10-16(22)7-8-17(18)23/h2-8,10,13,15H,9,11-12H2,1H3,(H,24,26)/t13-,15-/m1/s1. The Balaban J connectivity index is 1.53. The highest BCUT2D eigenvalue weighted by Crippen LogP contribution is 2.33. The highest BCUT2D eigenvalue weighted by Gasteiger charge is 2.37. The zero-order valence-corrected chi connectivity index (χ0v) is 17.2. The van der Waals surface area contributed by atoms with E-state index in [0.29, 0.717) is 15.7 Å². The van der Waals surface area contributed by atoms with Crippen LogP contribution in [0.2, 0.25) is 10.0 Å². The van der Waals surface area contributed by atoms with Crippen LogP contribution >= 0.6 is 23.2 Å². The molecule has 2 amide bonds. The van der Waals surface area contributed by atoms with Crippen LogP contribution in [0.4, 0.5) is 5.69 Å². The van der Waals surface area contributed by atoms with Crippen molar-refractivity contribution < 1.29 is 19.1 Å². The van der Waals surface area contributed by atoms with Crippen LogP contribution in [-0.2, 0) is 19.1 Å². The summed E-state index contributed by atoms with van der Waals surface area (Å²) in [6.45, 7) is 1.57. The minimum atomic E-state index is -0.670. The van der Waals surface area contributed by atoms with E-state index in [9.17, 15) is 14.4 Å². The molecule has 8 heteroatoms. The lowest BCUT2D eigenvalue weighted by atomic mass is 10.1. The van der Waals surface area contributed by atoms with Crippen molar-refractivity contribution in [1.82, 2.24) is 5.32 Å². The maximum atomic E-state index is 12.3. The number of carbonyl (C=O) groups excluding carboxylic acids is 3. The van der Waals surface area contributed by atoms with Crippen LogP contribution in [0.25, 0.3) is 0 Å². The highest BCUT2D eigenvalue weighted by molar-refractivity contribution is 6.35. The van der Waals surface area contributed by atoms with Crippen LogP contribution in [0.15, 0.2) is 48.5 Å². The van der Waals surface area contributed by atoms with Gasteiger partial charge < -0.3 is 15.0 Å². The van der Waals surface area contributed by atoms with E-state index in [1.54, 1.807) is 18.2 Å². The molecule has 0 aromatic heterocycles. The van der Waals surface area contributed by atoms with Gasteiger partial charge in [0.15, 0.2) is 6.61 Å². The Hall–Kier alpha value is -2.57. The largest absolute Gasteiger partial charge is 0.455 e. The number of carbonyl (C=O) groups is 3. The molecule has 2 atom stereocenters. The zero-order valence-electron chi connectivity index (χ0n) is 15.7. The fraction of sp³-hybridized carbons (Fsp3) is 0.286. The molecular weight excluding hydrogens is 415 g/mol. The van der Waals surface area contributed by atoms with Crippen molar-refractivity contribution >= 4 is 46.7 Å². The molecule has 2 aromatic carbocycles. The summed E-state index contributed by atoms with van der Waals surface area (Å²) in [6.07, 6.45) is -0.0102. The van der Waals surface area contributed by atoms with Crippen molar-refractivity contribution in [2.24, 2.45) is 5.92 Å². The maximum Gasteiger partial charge on any atom is 0.311 e. The summed E-state index contributed by atoms with van der Waals surface area (Å²) in [6, 6.07) is 14.0. The minimum absolute atomic E-state index is 0.0102. The number of esters is 1. The molecule has 0 bridgehead atoms. The molecule has 1 fully saturated rings. The Kier molecular flexibility index (Phi) is 6.77. The third-order valence-electron chi connectivity index (χ3n) is 4.68. The lowest BCUT2D eigenvalue weighted by molar-refractivity contribution is -0.152. The summed E-state index contributed by atoms with van der Waals surface area (Å²) in [4.78, 5) is 38.2. The van der Waals surface area contributed by atoms with Gasteiger partial charge >= 0.3 is 5.97 Å². The lowest BCUT2D eigenvalue weighted by Gasteiger charge is -2.18. The van der Waals surface area contributed by atoms with E-state index in [0.717, 1.165) is 5.56 Å². The average Bonchev–Trinajstić information content (AvgIpc) is 3.10. The van der Waals surface area contributed by atoms with Crippen molar-refractivity contribution in [1.29, 1.82) is 0 Å². The Morgan fingerprint density at radius 3 is 2.66 bits per heavy atom. The van der Waals surface area contributed by atoms with Gasteiger partial charge in [0, 0.05) is 18.0 Å². The average molecular weight is 435 g/mol. The molecule has 152 valence electrons. The number of rotatable bonds is 6. The maximum absolute atomic E-state index is 12.3. The summed E-state index contributed by atoms with van der Waals surface area (Å²) in [5.74, 6) is -1.93. The molecule has 0 radical (unpaired) electrons. The second-order valence-corrected chi connectivity index (χ2v) is 7.65. The van der Waals surface area contributed by atoms with Crippen molar-refractivity contribution in [3.63, 3.8) is 0 Å². The third-order valence-corrected chi connectivity index (χ3v) is 5.23. The van der Waals surface area contributed by atoms with E-state index in [1.165, 1.54) is 4.90 Å². The highest BCUT2D eigenvalue weighted by atomic mass is 35.5. The summed E-state index contributed by atoms with van der Waals surface area (Å²) >= 11 is 12.1. The van der Waals surface area contributed by atoms with E-state index >= 15 is 0 Å². The number of amides is 2. The van der Waals surface area contributed by atoms with Crippen LogP contribution in [0.5, 0.6) is 0 Å². The Labute approximate surface area is 178 Å². The van der Waals surface area contributed by atoms with Crippen LogP contribution in [0.1, 0.15) is 24.9 Å². The van der Waals surface area contributed by atoms with Gasteiger partial charge in [-0.3, -0.25) is 14.4 Å². The lowest BCUT2D eigenvalue weighted by Crippen LogP contribution is -2.32. The molecule has 1 heterocycles. The smallest absolute Gasteiger partial charge is 0.311 e. The zero-order chi connectivity index (χ0) is 21.0. The number of anilines is 1. The van der Waals surface area contributed by atoms with Gasteiger partial charge in [0.25, 0.3) is 5.91 Å². The van der Waals surface area contributed by atoms with Crippen molar-refractivity contribution in [2.45, 2.75) is 19.4 Å². The first-order valence-corrected chi connectivity index (χ1v) is 9.87. The Morgan fingerprint density at radius 2 is 1.93 bits per heavy atom. The normalized spacial score (nSPS) is 17.1. The van der Waals surface area contributed by atoms with Gasteiger partial charge in [0.2, 0.25) is 5.91 Å². The van der Waals surface area contributed by atoms with Crippen LogP contribution < -0.4 is 10.2 Å². The number of nitrogens with zero attached hydrogens (tertiary/aromatic N) is 1. The van der Waals surface area contributed by atoms with Crippen LogP contribution in [0, 0.1) is 5.92 Å². The van der Waals surface area contributed by atoms with Crippen LogP contribution in [-0.4, -0.2) is 30.9 Å². The summed E-state index contributed by atoms with van der Waals surface area (Å²) in [5.41, 5.74) is 1.40. The van der Waals surface area contributed by atoms with E-state index < -0.39 is 24.4 Å². The minimum Gasteiger partial charge on any atom is -0.455 e. The van der Waals surface area contributed by atoms with Gasteiger partial charge in [-0.1, -0.05) is 53.5 Å². The molecule has 1 N–H and O–H groups in total. The first-order chi connectivity index (χ1) is 13.8. The third kappa shape index (κ3) is 5.28. The number of nitrogens with one attached hydrogen (secondary N) is 1. The molecule has 0 unspecified atom stereocenters. The second-order valence-electron chi connectivity index (χ2n) is 6.81. The predicted octanol–water partition coefficient (Wildman–Crippen LogP) is 3.77. The number of benzene rings is 2. The van der Waals surface area contributed by atoms with Crippen molar-refractivity contribution in [2.75, 3.05) is 18.1 Å². The predicted molar refractivity (Wildman–Crippen MR) is 111 cm³/mol. The van der Waals surface area contributed by atoms with Gasteiger partial charge in [-0.15, -0.1) is 0 Å². The molecule has 3 rings (SSSR count). The number of ether oxygens (including phenoxy) is 1. The van der Waals surface area contributed by atoms with Gasteiger partial charge in [-0.25, -0.2) is 0 Å². The molecule has 1 saturated heterocycles. The van der Waals surface area contributed by atoms with Crippen LogP contribution in [0.3, 0.4) is 0 Å². The first kappa shape index (κ1) is 21.1. The van der Waals surface area contributed by atoms with E-state index in [4.69, 9.17) is 27.9 Å². The Bertz CT molecular complexity index is 920. The fourth-order valence-electron chi connectivity index (χ4n) is 3.15. The first-order valence-electron chi connectivity index (χ1n) is 9.11. The van der Waals surface area contributed by atoms with E-state index in [1.807, 2.05) is 37.3 Å². The monoisotopic (exact) mass is 434 g/mol. The molecule has 29 heavy (non-hydrogen) atoms. The molecule has 1 aliphatic rings. The molecular formula is C21H20Cl2N2O4. The van der Waals surface area contributed by atoms with Crippen molar-refractivity contribution in [3.05, 3.63) is 64.1 Å². The Morgan fingerprint density at radius 1 is 1.21 bits per heavy atom. The molecule has 0 saturated carbocycles. The van der Waals surface area contributed by atoms with E-state index in [-0.39, 0.29) is 24.9 Å². The van der Waals surface area contributed by atoms with E-state index in [2.05, 4.69) is 5.32 Å². The van der Waals surface area contributed by atoms with Crippen molar-refractivity contribution in [3.8, 4) is 0 Å². The molecule has 2 aromatic rings. The summed E-state index contributed by atoms with van der Waals surface area (Å²) in [7, 11) is 0. The molecule has 0 aliphatic carbocycles. The quantitative estimate of drug-likeness (QED) is 0.702. The molecule has 1 aliphatic heterocycles. The van der Waals surface area contributed by atoms with Gasteiger partial charge in [-0.2, -0.15) is 0 Å². The second kappa shape index (κ2) is 9.29. The molecule has 0 spiro atoms. The topological polar surface area (TPSA) is 75.7 Å². The summed E-state index contributed by atoms with van der Waals surface area (Å²) in [5, 5.41) is 3.58. The fourth-order valence-corrected chi connectivity index (χ4v) is 3.54. The SMILES string of the molecule is C[C@@H](NC(=O)COC(=O)[C@@H]1CC(=O)N(c2cc(Cl)ccc2Cl)C1)c1ccccc1.